The second-order valence-electron chi connectivity index (χ2n) is 4.52. The van der Waals surface area contributed by atoms with E-state index in [1.165, 1.54) is 0 Å². The van der Waals surface area contributed by atoms with Gasteiger partial charge in [-0.2, -0.15) is 0 Å². The molecule has 0 aromatic heterocycles. The predicted octanol–water partition coefficient (Wildman–Crippen LogP) is 5.45. The summed E-state index contributed by atoms with van der Waals surface area (Å²) in [5.74, 6) is 0.553. The zero-order valence-corrected chi connectivity index (χ0v) is 13.5. The van der Waals surface area contributed by atoms with Gasteiger partial charge < -0.3 is 4.52 Å². The van der Waals surface area contributed by atoms with Crippen molar-refractivity contribution in [1.82, 2.24) is 0 Å². The maximum absolute atomic E-state index is 12.6. The van der Waals surface area contributed by atoms with Gasteiger partial charge in [-0.3, -0.25) is 4.52 Å². The predicted molar refractivity (Wildman–Crippen MR) is 80.4 cm³/mol. The van der Waals surface area contributed by atoms with Crippen molar-refractivity contribution in [2.75, 3.05) is 12.8 Å². The summed E-state index contributed by atoms with van der Waals surface area (Å²) in [6, 6.07) is 5.26. The molecule has 0 spiro atoms. The minimum Gasteiger partial charge on any atom is -0.424 e. The highest BCUT2D eigenvalue weighted by atomic mass is 35.5. The average molecular weight is 305 g/mol. The van der Waals surface area contributed by atoms with E-state index in [9.17, 15) is 4.57 Å². The maximum atomic E-state index is 12.6. The van der Waals surface area contributed by atoms with Gasteiger partial charge in [0.1, 0.15) is 5.75 Å². The van der Waals surface area contributed by atoms with Gasteiger partial charge in [0.15, 0.2) is 0 Å². The van der Waals surface area contributed by atoms with Crippen LogP contribution in [0.1, 0.15) is 38.7 Å². The molecule has 1 unspecified atom stereocenters. The standard InChI is InChI=1S/C14H22ClO3P/c1-4-6-10-19(16,17-9-5-2)18-13-7-8-14(15)12(3)11-13/h7-8,11H,4-6,9-10H2,1-3H3. The number of halogens is 1. The minimum absolute atomic E-state index is 0.450. The molecule has 0 aliphatic carbocycles. The molecule has 0 bridgehead atoms. The highest BCUT2D eigenvalue weighted by Crippen LogP contribution is 2.49. The van der Waals surface area contributed by atoms with Gasteiger partial charge in [-0.1, -0.05) is 31.9 Å². The second kappa shape index (κ2) is 7.94. The zero-order chi connectivity index (χ0) is 14.3. The quantitative estimate of drug-likeness (QED) is 0.599. The molecule has 0 aliphatic heterocycles. The fraction of sp³-hybridized carbons (Fsp3) is 0.571. The second-order valence-corrected chi connectivity index (χ2v) is 7.04. The summed E-state index contributed by atoms with van der Waals surface area (Å²) in [4.78, 5) is 0. The Labute approximate surface area is 120 Å². The molecule has 1 aromatic carbocycles. The van der Waals surface area contributed by atoms with E-state index in [-0.39, 0.29) is 0 Å². The third kappa shape index (κ3) is 5.56. The van der Waals surface area contributed by atoms with Crippen molar-refractivity contribution in [3.63, 3.8) is 0 Å². The van der Waals surface area contributed by atoms with Crippen molar-refractivity contribution in [3.05, 3.63) is 28.8 Å². The van der Waals surface area contributed by atoms with Gasteiger partial charge >= 0.3 is 7.60 Å². The molecular formula is C14H22ClO3P. The molecule has 0 aliphatic rings. The van der Waals surface area contributed by atoms with E-state index in [0.29, 0.717) is 23.5 Å². The summed E-state index contributed by atoms with van der Waals surface area (Å²) in [7, 11) is -3.05. The van der Waals surface area contributed by atoms with Crippen LogP contribution >= 0.6 is 19.2 Å². The van der Waals surface area contributed by atoms with Gasteiger partial charge in [-0.25, -0.2) is 4.57 Å². The molecule has 0 amide bonds. The molecule has 0 radical (unpaired) electrons. The van der Waals surface area contributed by atoms with E-state index in [2.05, 4.69) is 6.92 Å². The van der Waals surface area contributed by atoms with Gasteiger partial charge in [0.25, 0.3) is 0 Å². The van der Waals surface area contributed by atoms with Gasteiger partial charge in [-0.05, 0) is 43.5 Å². The van der Waals surface area contributed by atoms with E-state index in [4.69, 9.17) is 20.6 Å². The highest BCUT2D eigenvalue weighted by Gasteiger charge is 2.25. The third-order valence-corrected chi connectivity index (χ3v) is 5.00. The van der Waals surface area contributed by atoms with Crippen LogP contribution in [0.3, 0.4) is 0 Å². The number of benzene rings is 1. The molecule has 1 rings (SSSR count). The topological polar surface area (TPSA) is 35.5 Å². The number of unbranched alkanes of at least 4 members (excludes halogenated alkanes) is 1. The fourth-order valence-corrected chi connectivity index (χ4v) is 3.54. The van der Waals surface area contributed by atoms with Crippen LogP contribution in [-0.4, -0.2) is 12.8 Å². The first kappa shape index (κ1) is 16.6. The van der Waals surface area contributed by atoms with Gasteiger partial charge in [0.05, 0.1) is 12.8 Å². The summed E-state index contributed by atoms with van der Waals surface area (Å²) in [6.45, 7) is 6.37. The molecule has 1 aromatic rings. The number of hydrogen-bond donors (Lipinski definition) is 0. The van der Waals surface area contributed by atoms with Crippen LogP contribution in [0, 0.1) is 6.92 Å². The molecule has 3 nitrogen and oxygen atoms in total. The van der Waals surface area contributed by atoms with E-state index < -0.39 is 7.60 Å². The molecule has 0 heterocycles. The Kier molecular flexibility index (Phi) is 6.92. The van der Waals surface area contributed by atoms with Gasteiger partial charge in [0, 0.05) is 5.02 Å². The van der Waals surface area contributed by atoms with Crippen LogP contribution in [0.25, 0.3) is 0 Å². The number of hydrogen-bond acceptors (Lipinski definition) is 3. The summed E-state index contributed by atoms with van der Waals surface area (Å²) < 4.78 is 23.7. The van der Waals surface area contributed by atoms with Gasteiger partial charge in [-0.15, -0.1) is 0 Å². The smallest absolute Gasteiger partial charge is 0.379 e. The molecule has 5 heteroatoms. The monoisotopic (exact) mass is 304 g/mol. The van der Waals surface area contributed by atoms with E-state index in [1.54, 1.807) is 18.2 Å². The van der Waals surface area contributed by atoms with Crippen molar-refractivity contribution < 1.29 is 13.6 Å². The molecule has 0 fully saturated rings. The summed E-state index contributed by atoms with van der Waals surface area (Å²) in [5.41, 5.74) is 0.900. The first-order valence-corrected chi connectivity index (χ1v) is 8.80. The first-order valence-electron chi connectivity index (χ1n) is 6.70. The molecule has 108 valence electrons. The van der Waals surface area contributed by atoms with Crippen LogP contribution < -0.4 is 4.52 Å². The Morgan fingerprint density at radius 2 is 2.00 bits per heavy atom. The van der Waals surface area contributed by atoms with E-state index >= 15 is 0 Å². The highest BCUT2D eigenvalue weighted by molar-refractivity contribution is 7.54. The van der Waals surface area contributed by atoms with Crippen LogP contribution in [0.2, 0.25) is 5.02 Å². The van der Waals surface area contributed by atoms with Crippen molar-refractivity contribution >= 4 is 19.2 Å². The normalized spacial score (nSPS) is 14.1. The zero-order valence-electron chi connectivity index (χ0n) is 11.8. The van der Waals surface area contributed by atoms with Crippen molar-refractivity contribution in [1.29, 1.82) is 0 Å². The first-order chi connectivity index (χ1) is 9.00. The lowest BCUT2D eigenvalue weighted by molar-refractivity contribution is 0.264. The van der Waals surface area contributed by atoms with Crippen LogP contribution in [0.5, 0.6) is 5.75 Å². The molecule has 19 heavy (non-hydrogen) atoms. The Morgan fingerprint density at radius 1 is 1.26 bits per heavy atom. The third-order valence-electron chi connectivity index (χ3n) is 2.65. The average Bonchev–Trinajstić information content (AvgIpc) is 2.39. The van der Waals surface area contributed by atoms with E-state index in [1.807, 2.05) is 13.8 Å². The SMILES string of the molecule is CCCCP(=O)(OCCC)Oc1ccc(Cl)c(C)c1. The number of aryl methyl sites for hydroxylation is 1. The van der Waals surface area contributed by atoms with Crippen molar-refractivity contribution in [2.24, 2.45) is 0 Å². The Bertz CT molecular complexity index is 436. The van der Waals surface area contributed by atoms with Crippen LogP contribution in [0.15, 0.2) is 18.2 Å². The largest absolute Gasteiger partial charge is 0.424 e. The van der Waals surface area contributed by atoms with Crippen molar-refractivity contribution in [2.45, 2.75) is 40.0 Å². The molecule has 1 atom stereocenters. The molecular weight excluding hydrogens is 283 g/mol. The summed E-state index contributed by atoms with van der Waals surface area (Å²) in [5, 5.41) is 0.671. The minimum atomic E-state index is -3.05. The van der Waals surface area contributed by atoms with Crippen LogP contribution in [0.4, 0.5) is 0 Å². The summed E-state index contributed by atoms with van der Waals surface area (Å²) in [6.07, 6.45) is 3.06. The maximum Gasteiger partial charge on any atom is 0.379 e. The van der Waals surface area contributed by atoms with Crippen molar-refractivity contribution in [3.8, 4) is 5.75 Å². The molecule has 0 N–H and O–H groups in total. The lowest BCUT2D eigenvalue weighted by Crippen LogP contribution is -2.03. The Balaban J connectivity index is 2.80. The lowest BCUT2D eigenvalue weighted by atomic mass is 10.2. The van der Waals surface area contributed by atoms with E-state index in [0.717, 1.165) is 24.8 Å². The van der Waals surface area contributed by atoms with Crippen LogP contribution in [-0.2, 0) is 9.09 Å². The molecule has 0 saturated heterocycles. The fourth-order valence-electron chi connectivity index (χ4n) is 1.55. The van der Waals surface area contributed by atoms with Gasteiger partial charge in [0.2, 0.25) is 0 Å². The lowest BCUT2D eigenvalue weighted by Gasteiger charge is -2.19. The summed E-state index contributed by atoms with van der Waals surface area (Å²) >= 11 is 5.96. The molecule has 0 saturated carbocycles. The Hall–Kier alpha value is -0.500. The Morgan fingerprint density at radius 3 is 2.58 bits per heavy atom. The number of rotatable bonds is 8.